The first-order valence-corrected chi connectivity index (χ1v) is 19.2. The minimum absolute atomic E-state index is 0.0196. The molecule has 6 N–H and O–H groups in total. The summed E-state index contributed by atoms with van der Waals surface area (Å²) in [7, 11) is -10.9. The van der Waals surface area contributed by atoms with Crippen molar-refractivity contribution in [1.29, 1.82) is 0 Å². The highest BCUT2D eigenvalue weighted by Crippen LogP contribution is 2.50. The molecule has 2 aliphatic heterocycles. The number of piperidine rings is 1. The first kappa shape index (κ1) is 39.2. The van der Waals surface area contributed by atoms with Crippen molar-refractivity contribution in [3.8, 4) is 5.75 Å². The van der Waals surface area contributed by atoms with Crippen molar-refractivity contribution in [2.75, 3.05) is 36.0 Å². The summed E-state index contributed by atoms with van der Waals surface area (Å²) >= 11 is 0. The third-order valence-corrected chi connectivity index (χ3v) is 9.97. The topological polar surface area (TPSA) is 277 Å². The van der Waals surface area contributed by atoms with Gasteiger partial charge in [0.1, 0.15) is 35.8 Å². The van der Waals surface area contributed by atoms with E-state index in [0.29, 0.717) is 12.8 Å². The second-order valence-electron chi connectivity index (χ2n) is 12.9. The van der Waals surface area contributed by atoms with Gasteiger partial charge < -0.3 is 48.9 Å². The molecule has 292 valence electrons. The van der Waals surface area contributed by atoms with E-state index in [1.807, 2.05) is 0 Å². The molecule has 3 aliphatic rings. The van der Waals surface area contributed by atoms with Crippen molar-refractivity contribution in [1.82, 2.24) is 14.9 Å². The van der Waals surface area contributed by atoms with Crippen molar-refractivity contribution < 1.29 is 75.5 Å². The van der Waals surface area contributed by atoms with Crippen LogP contribution in [0.1, 0.15) is 49.0 Å². The van der Waals surface area contributed by atoms with Crippen LogP contribution in [0.4, 0.5) is 25.1 Å². The number of hydrogen-bond donors (Lipinski definition) is 6. The Hall–Kier alpha value is -4.53. The number of phosphoric acid groups is 2. The third kappa shape index (κ3) is 8.71. The Morgan fingerprint density at radius 3 is 2.43 bits per heavy atom. The number of anilines is 2. The molecule has 1 aromatic carbocycles. The molecule has 3 atom stereocenters. The molecule has 0 bridgehead atoms. The van der Waals surface area contributed by atoms with E-state index in [1.165, 1.54) is 17.6 Å². The zero-order valence-corrected chi connectivity index (χ0v) is 29.8. The van der Waals surface area contributed by atoms with Crippen molar-refractivity contribution in [2.45, 2.75) is 56.6 Å². The van der Waals surface area contributed by atoms with Crippen LogP contribution in [0, 0.1) is 11.6 Å². The zero-order valence-electron chi connectivity index (χ0n) is 28.0. The van der Waals surface area contributed by atoms with Gasteiger partial charge in [0.25, 0.3) is 0 Å². The number of aromatic nitrogens is 2. The van der Waals surface area contributed by atoms with Crippen molar-refractivity contribution in [3.63, 3.8) is 0 Å². The van der Waals surface area contributed by atoms with Crippen LogP contribution in [0.2, 0.25) is 0 Å². The van der Waals surface area contributed by atoms with Gasteiger partial charge in [-0.3, -0.25) is 23.5 Å². The molecular formula is C30H33F2N5O15P2. The fraction of sp³-hybridized carbons (Fsp3) is 0.433. The van der Waals surface area contributed by atoms with Gasteiger partial charge in [-0.25, -0.2) is 32.5 Å². The number of ether oxygens (including phenoxy) is 2. The fourth-order valence-corrected chi connectivity index (χ4v) is 7.52. The van der Waals surface area contributed by atoms with Gasteiger partial charge in [0.05, 0.1) is 24.2 Å². The predicted octanol–water partition coefficient (Wildman–Crippen LogP) is 2.13. The number of nitrogens with one attached hydrogen (secondary N) is 1. The number of halogens is 2. The number of carboxylic acid groups (broad SMARTS) is 1. The highest BCUT2D eigenvalue weighted by atomic mass is 31.2. The molecule has 2 aromatic heterocycles. The maximum absolute atomic E-state index is 15.8. The Labute approximate surface area is 302 Å². The van der Waals surface area contributed by atoms with E-state index in [9.17, 15) is 53.0 Å². The molecule has 24 heteroatoms. The number of cyclic esters (lactones) is 1. The number of pyridine rings is 2. The van der Waals surface area contributed by atoms with Crippen molar-refractivity contribution in [3.05, 3.63) is 57.9 Å². The van der Waals surface area contributed by atoms with Crippen LogP contribution in [0.5, 0.6) is 5.75 Å². The maximum Gasteiger partial charge on any atom is 0.471 e. The Morgan fingerprint density at radius 2 is 1.81 bits per heavy atom. The number of rotatable bonds is 13. The van der Waals surface area contributed by atoms with Gasteiger partial charge in [-0.15, -0.1) is 0 Å². The van der Waals surface area contributed by atoms with Gasteiger partial charge in [0, 0.05) is 38.2 Å². The van der Waals surface area contributed by atoms with Crippen molar-refractivity contribution >= 4 is 56.2 Å². The minimum atomic E-state index is -5.45. The second kappa shape index (κ2) is 14.6. The fourth-order valence-electron chi connectivity index (χ4n) is 6.29. The molecule has 6 rings (SSSR count). The van der Waals surface area contributed by atoms with E-state index in [-0.39, 0.29) is 41.8 Å². The molecule has 1 saturated carbocycles. The summed E-state index contributed by atoms with van der Waals surface area (Å²) in [6.07, 6.45) is -2.48. The molecular weight excluding hydrogens is 770 g/mol. The summed E-state index contributed by atoms with van der Waals surface area (Å²) in [5.41, 5.74) is -3.88. The lowest BCUT2D eigenvalue weighted by atomic mass is 9.91. The number of carboxylic acids is 1. The lowest BCUT2D eigenvalue weighted by molar-refractivity contribution is -0.119. The maximum atomic E-state index is 15.8. The third-order valence-electron chi connectivity index (χ3n) is 8.83. The highest BCUT2D eigenvalue weighted by molar-refractivity contribution is 7.46. The van der Waals surface area contributed by atoms with Crippen LogP contribution in [-0.4, -0.2) is 96.4 Å². The van der Waals surface area contributed by atoms with E-state index < -0.39 is 106 Å². The molecule has 2 amide bonds. The van der Waals surface area contributed by atoms with Gasteiger partial charge >= 0.3 is 27.7 Å². The number of benzene rings is 1. The van der Waals surface area contributed by atoms with Gasteiger partial charge in [-0.1, -0.05) is 0 Å². The highest BCUT2D eigenvalue weighted by Gasteiger charge is 2.49. The van der Waals surface area contributed by atoms with Gasteiger partial charge in [0.15, 0.2) is 23.2 Å². The normalized spacial score (nSPS) is 22.0. The Balaban J connectivity index is 1.29. The summed E-state index contributed by atoms with van der Waals surface area (Å²) in [6.45, 7) is -0.0814. The van der Waals surface area contributed by atoms with Gasteiger partial charge in [0.2, 0.25) is 11.3 Å². The molecule has 0 spiro atoms. The molecule has 20 nitrogen and oxygen atoms in total. The number of fused-ring (bicyclic) bond motifs is 1. The minimum Gasteiger partial charge on any atom is -0.487 e. The van der Waals surface area contributed by atoms with Crippen LogP contribution in [0.3, 0.4) is 0 Å². The van der Waals surface area contributed by atoms with Crippen LogP contribution >= 0.6 is 15.6 Å². The summed E-state index contributed by atoms with van der Waals surface area (Å²) in [5, 5.41) is 11.7. The first-order valence-electron chi connectivity index (χ1n) is 16.1. The van der Waals surface area contributed by atoms with Crippen molar-refractivity contribution in [2.24, 2.45) is 0 Å². The molecule has 3 fully saturated rings. The Bertz CT molecular complexity index is 2180. The van der Waals surface area contributed by atoms with Crippen LogP contribution in [0.15, 0.2) is 35.3 Å². The van der Waals surface area contributed by atoms with Gasteiger partial charge in [-0.2, -0.15) is 0 Å². The zero-order chi connectivity index (χ0) is 39.3. The lowest BCUT2D eigenvalue weighted by Gasteiger charge is -2.45. The second-order valence-corrected chi connectivity index (χ2v) is 15.3. The van der Waals surface area contributed by atoms with E-state index in [2.05, 4.69) is 10.3 Å². The van der Waals surface area contributed by atoms with Crippen LogP contribution < -0.4 is 25.3 Å². The molecule has 2 saturated heterocycles. The summed E-state index contributed by atoms with van der Waals surface area (Å²) < 4.78 is 77.6. The largest absolute Gasteiger partial charge is 0.487 e. The summed E-state index contributed by atoms with van der Waals surface area (Å²) in [4.78, 5) is 93.8. The molecule has 4 heterocycles. The Kier molecular flexibility index (Phi) is 10.6. The van der Waals surface area contributed by atoms with Crippen LogP contribution in [-0.2, 0) is 27.7 Å². The number of nitrogens with zero attached hydrogens (tertiary/aromatic N) is 4. The standard InChI is InChI=1S/C30H33F2N5O15P2/c1-15(38)33-11-18-12-37(29(42)50-18)17-4-5-23(21(31)8-17)49-14-30(52-54(46,47)48)6-7-35(24(10-30)51-53(43,44)45)27-22(32)9-19-25(39)20(28(40)41)13-36(16-2-3-16)26(19)34-27/h4-5,8-9,13,16,18,24H,2-3,6-7,10-12,14H2,1H3,(H,33,38)(H,40,41)(H2,43,44,45)(H2,46,47,48)/t18-,24?,30?/m0/s1. The van der Waals surface area contributed by atoms with Gasteiger partial charge in [-0.05, 0) is 37.5 Å². The van der Waals surface area contributed by atoms with E-state index >= 15 is 8.78 Å². The Morgan fingerprint density at radius 1 is 1.09 bits per heavy atom. The van der Waals surface area contributed by atoms with E-state index in [1.54, 1.807) is 0 Å². The number of phosphoric ester groups is 2. The summed E-state index contributed by atoms with van der Waals surface area (Å²) in [5.74, 6) is -5.22. The van der Waals surface area contributed by atoms with Crippen LogP contribution in [0.25, 0.3) is 11.0 Å². The molecule has 3 aromatic rings. The molecule has 1 aliphatic carbocycles. The number of carbonyl (C=O) groups excluding carboxylic acids is 2. The van der Waals surface area contributed by atoms with E-state index in [0.717, 1.165) is 34.2 Å². The number of aromatic carboxylic acids is 1. The predicted molar refractivity (Wildman–Crippen MR) is 179 cm³/mol. The molecule has 54 heavy (non-hydrogen) atoms. The SMILES string of the molecule is CC(=O)NC[C@H]1CN(c2ccc(OCC3(OP(=O)(O)O)CCN(c4nc5c(cc4F)c(=O)c(C(=O)O)cn5C4CC4)C(OP(=O)(O)O)C3)c(F)c2)C(=O)O1. The smallest absolute Gasteiger partial charge is 0.471 e. The number of hydrogen-bond acceptors (Lipinski definition) is 12. The number of carbonyl (C=O) groups is 3. The first-order chi connectivity index (χ1) is 25.2. The quantitative estimate of drug-likeness (QED) is 0.135. The number of amides is 2. The molecule has 0 radical (unpaired) electrons. The lowest BCUT2D eigenvalue weighted by Crippen LogP contribution is -2.55. The monoisotopic (exact) mass is 803 g/mol. The molecule has 2 unspecified atom stereocenters. The average molecular weight is 804 g/mol. The van der Waals surface area contributed by atoms with E-state index in [4.69, 9.17) is 18.5 Å². The summed E-state index contributed by atoms with van der Waals surface area (Å²) in [6, 6.07) is 3.77. The average Bonchev–Trinajstić information content (AvgIpc) is 3.83.